The van der Waals surface area contributed by atoms with Gasteiger partial charge in [-0.2, -0.15) is 4.68 Å². The van der Waals surface area contributed by atoms with E-state index in [4.69, 9.17) is 0 Å². The zero-order valence-corrected chi connectivity index (χ0v) is 14.6. The van der Waals surface area contributed by atoms with Gasteiger partial charge in [-0.15, -0.1) is 5.10 Å². The van der Waals surface area contributed by atoms with Gasteiger partial charge in [-0.05, 0) is 37.5 Å². The van der Waals surface area contributed by atoms with Crippen LogP contribution in [0.3, 0.4) is 0 Å². The first-order valence-electron chi connectivity index (χ1n) is 8.79. The number of nitrogens with zero attached hydrogens (tertiary/aromatic N) is 5. The summed E-state index contributed by atoms with van der Waals surface area (Å²) < 4.78 is 2.81. The Labute approximate surface area is 149 Å². The molecule has 2 heterocycles. The van der Waals surface area contributed by atoms with Gasteiger partial charge in [0, 0.05) is 6.04 Å². The van der Waals surface area contributed by atoms with Crippen molar-refractivity contribution in [3.8, 4) is 5.69 Å². The Hall–Kier alpha value is -3.03. The highest BCUT2D eigenvalue weighted by molar-refractivity contribution is 5.77. The van der Waals surface area contributed by atoms with Crippen molar-refractivity contribution in [2.45, 2.75) is 45.2 Å². The van der Waals surface area contributed by atoms with Crippen LogP contribution >= 0.6 is 0 Å². The van der Waals surface area contributed by atoms with E-state index in [0.29, 0.717) is 5.65 Å². The third-order valence-electron chi connectivity index (χ3n) is 4.71. The minimum atomic E-state index is -0.365. The SMILES string of the molecule is Cc1cccc(-n2nnc3c(=O)n(CC(=O)NC4CCCC4)cnc32)c1. The molecule has 4 rings (SSSR count). The molecule has 1 aliphatic carbocycles. The van der Waals surface area contributed by atoms with Gasteiger partial charge in [0.05, 0.1) is 5.69 Å². The van der Waals surface area contributed by atoms with E-state index in [-0.39, 0.29) is 29.6 Å². The molecule has 1 amide bonds. The largest absolute Gasteiger partial charge is 0.352 e. The number of aryl methyl sites for hydroxylation is 1. The fraction of sp³-hybridized carbons (Fsp3) is 0.389. The maximum absolute atomic E-state index is 12.6. The van der Waals surface area contributed by atoms with Crippen molar-refractivity contribution in [3.63, 3.8) is 0 Å². The first-order chi connectivity index (χ1) is 12.6. The topological polar surface area (TPSA) is 94.7 Å². The molecule has 3 aromatic rings. The molecule has 1 aromatic carbocycles. The van der Waals surface area contributed by atoms with Gasteiger partial charge >= 0.3 is 0 Å². The van der Waals surface area contributed by atoms with Crippen molar-refractivity contribution in [1.29, 1.82) is 0 Å². The van der Waals surface area contributed by atoms with E-state index in [0.717, 1.165) is 36.9 Å². The molecular weight excluding hydrogens is 332 g/mol. The fourth-order valence-electron chi connectivity index (χ4n) is 3.39. The predicted molar refractivity (Wildman–Crippen MR) is 96.1 cm³/mol. The van der Waals surface area contributed by atoms with E-state index in [9.17, 15) is 9.59 Å². The van der Waals surface area contributed by atoms with Crippen LogP contribution in [0.25, 0.3) is 16.9 Å². The number of aromatic nitrogens is 5. The lowest BCUT2D eigenvalue weighted by Crippen LogP contribution is -2.37. The first kappa shape index (κ1) is 16.4. The lowest BCUT2D eigenvalue weighted by atomic mass is 10.2. The van der Waals surface area contributed by atoms with Crippen LogP contribution in [0.5, 0.6) is 0 Å². The Bertz CT molecular complexity index is 1020. The molecular formula is C18H20N6O2. The van der Waals surface area contributed by atoms with Crippen molar-refractivity contribution in [2.75, 3.05) is 0 Å². The summed E-state index contributed by atoms with van der Waals surface area (Å²) in [6.07, 6.45) is 5.67. The molecule has 0 unspecified atom stereocenters. The minimum Gasteiger partial charge on any atom is -0.352 e. The van der Waals surface area contributed by atoms with E-state index in [2.05, 4.69) is 20.6 Å². The van der Waals surface area contributed by atoms with Crippen LogP contribution in [0.1, 0.15) is 31.2 Å². The van der Waals surface area contributed by atoms with Crippen molar-refractivity contribution in [1.82, 2.24) is 29.9 Å². The van der Waals surface area contributed by atoms with Crippen LogP contribution in [0.4, 0.5) is 0 Å². The molecule has 0 atom stereocenters. The Morgan fingerprint density at radius 2 is 2.12 bits per heavy atom. The van der Waals surface area contributed by atoms with Gasteiger partial charge in [0.15, 0.2) is 11.2 Å². The Morgan fingerprint density at radius 1 is 1.31 bits per heavy atom. The van der Waals surface area contributed by atoms with Crippen LogP contribution in [-0.2, 0) is 11.3 Å². The predicted octanol–water partition coefficient (Wildman–Crippen LogP) is 1.34. The number of rotatable bonds is 4. The smallest absolute Gasteiger partial charge is 0.284 e. The number of carbonyl (C=O) groups excluding carboxylic acids is 1. The third-order valence-corrected chi connectivity index (χ3v) is 4.71. The van der Waals surface area contributed by atoms with Crippen LogP contribution in [0.2, 0.25) is 0 Å². The Morgan fingerprint density at radius 3 is 2.88 bits per heavy atom. The van der Waals surface area contributed by atoms with E-state index in [1.165, 1.54) is 15.6 Å². The maximum Gasteiger partial charge on any atom is 0.284 e. The molecule has 134 valence electrons. The monoisotopic (exact) mass is 352 g/mol. The van der Waals surface area contributed by atoms with Crippen molar-refractivity contribution >= 4 is 17.1 Å². The Kier molecular flexibility index (Phi) is 4.24. The van der Waals surface area contributed by atoms with Gasteiger partial charge in [-0.25, -0.2) is 4.98 Å². The first-order valence-corrected chi connectivity index (χ1v) is 8.79. The minimum absolute atomic E-state index is 0.0599. The fourth-order valence-corrected chi connectivity index (χ4v) is 3.39. The van der Waals surface area contributed by atoms with Crippen LogP contribution < -0.4 is 10.9 Å². The van der Waals surface area contributed by atoms with Crippen molar-refractivity contribution < 1.29 is 4.79 Å². The highest BCUT2D eigenvalue weighted by Gasteiger charge is 2.19. The molecule has 8 nitrogen and oxygen atoms in total. The van der Waals surface area contributed by atoms with Gasteiger partial charge in [-0.1, -0.05) is 30.2 Å². The highest BCUT2D eigenvalue weighted by Crippen LogP contribution is 2.17. The highest BCUT2D eigenvalue weighted by atomic mass is 16.2. The summed E-state index contributed by atoms with van der Waals surface area (Å²) in [5, 5.41) is 11.0. The standard InChI is InChI=1S/C18H20N6O2/c1-12-5-4-8-14(9-12)24-17-16(21-22-24)18(26)23(11-19-17)10-15(25)20-13-6-2-3-7-13/h4-5,8-9,11,13H,2-3,6-7,10H2,1H3,(H,20,25). The molecule has 0 saturated heterocycles. The average molecular weight is 352 g/mol. The van der Waals surface area contributed by atoms with E-state index in [1.54, 1.807) is 0 Å². The van der Waals surface area contributed by atoms with Gasteiger partial charge in [0.25, 0.3) is 5.56 Å². The van der Waals surface area contributed by atoms with Gasteiger partial charge < -0.3 is 5.32 Å². The summed E-state index contributed by atoms with van der Waals surface area (Å²) in [6, 6.07) is 7.93. The second-order valence-corrected chi connectivity index (χ2v) is 6.74. The average Bonchev–Trinajstić information content (AvgIpc) is 3.27. The number of amides is 1. The molecule has 1 saturated carbocycles. The molecule has 26 heavy (non-hydrogen) atoms. The Balaban J connectivity index is 1.61. The zero-order chi connectivity index (χ0) is 18.1. The molecule has 1 aliphatic rings. The summed E-state index contributed by atoms with van der Waals surface area (Å²) in [5.74, 6) is -0.175. The molecule has 0 aliphatic heterocycles. The molecule has 0 spiro atoms. The molecule has 1 N–H and O–H groups in total. The van der Waals surface area contributed by atoms with Crippen LogP contribution in [0.15, 0.2) is 35.4 Å². The molecule has 8 heteroatoms. The lowest BCUT2D eigenvalue weighted by Gasteiger charge is -2.12. The van der Waals surface area contributed by atoms with Crippen molar-refractivity contribution in [2.24, 2.45) is 0 Å². The summed E-state index contributed by atoms with van der Waals surface area (Å²) in [7, 11) is 0. The second-order valence-electron chi connectivity index (χ2n) is 6.74. The summed E-state index contributed by atoms with van der Waals surface area (Å²) in [5.41, 5.74) is 2.03. The van der Waals surface area contributed by atoms with Crippen molar-refractivity contribution in [3.05, 3.63) is 46.5 Å². The maximum atomic E-state index is 12.6. The number of hydrogen-bond acceptors (Lipinski definition) is 5. The normalized spacial score (nSPS) is 14.8. The van der Waals surface area contributed by atoms with E-state index < -0.39 is 0 Å². The summed E-state index contributed by atoms with van der Waals surface area (Å²) in [6.45, 7) is 1.92. The number of hydrogen-bond donors (Lipinski definition) is 1. The number of fused-ring (bicyclic) bond motifs is 1. The summed E-state index contributed by atoms with van der Waals surface area (Å²) in [4.78, 5) is 29.1. The molecule has 0 bridgehead atoms. The number of nitrogens with one attached hydrogen (secondary N) is 1. The molecule has 0 radical (unpaired) electrons. The summed E-state index contributed by atoms with van der Waals surface area (Å²) >= 11 is 0. The van der Waals surface area contributed by atoms with Crippen LogP contribution in [0, 0.1) is 6.92 Å². The quantitative estimate of drug-likeness (QED) is 0.765. The molecule has 2 aromatic heterocycles. The second kappa shape index (κ2) is 6.70. The van der Waals surface area contributed by atoms with Gasteiger partial charge in [0.1, 0.15) is 12.9 Å². The van der Waals surface area contributed by atoms with E-state index >= 15 is 0 Å². The van der Waals surface area contributed by atoms with Gasteiger partial charge in [-0.3, -0.25) is 14.2 Å². The molecule has 1 fully saturated rings. The van der Waals surface area contributed by atoms with Crippen LogP contribution in [-0.4, -0.2) is 36.5 Å². The number of benzene rings is 1. The van der Waals surface area contributed by atoms with E-state index in [1.807, 2.05) is 31.2 Å². The number of carbonyl (C=O) groups is 1. The third kappa shape index (κ3) is 3.10. The lowest BCUT2D eigenvalue weighted by molar-refractivity contribution is -0.122. The zero-order valence-electron chi connectivity index (χ0n) is 14.6. The van der Waals surface area contributed by atoms with Gasteiger partial charge in [0.2, 0.25) is 5.91 Å².